The molecule has 0 aromatic heterocycles. The molecule has 2 fully saturated rings. The lowest BCUT2D eigenvalue weighted by atomic mass is 9.97. The zero-order valence-electron chi connectivity index (χ0n) is 13.0. The molecule has 2 aliphatic rings. The van der Waals surface area contributed by atoms with Crippen molar-refractivity contribution >= 4 is 11.6 Å². The second kappa shape index (κ2) is 7.15. The molecule has 0 N–H and O–H groups in total. The van der Waals surface area contributed by atoms with Crippen molar-refractivity contribution in [1.82, 2.24) is 9.80 Å². The molecule has 0 amide bonds. The summed E-state index contributed by atoms with van der Waals surface area (Å²) in [4.78, 5) is 26.4. The molecule has 19 heavy (non-hydrogen) atoms. The van der Waals surface area contributed by atoms with Gasteiger partial charge in [0.1, 0.15) is 11.6 Å². The molecule has 0 radical (unpaired) electrons. The van der Waals surface area contributed by atoms with E-state index in [2.05, 4.69) is 37.7 Å². The molecule has 3 unspecified atom stereocenters. The van der Waals surface area contributed by atoms with Crippen LogP contribution in [-0.2, 0) is 9.59 Å². The summed E-state index contributed by atoms with van der Waals surface area (Å²) < 4.78 is 0. The van der Waals surface area contributed by atoms with Crippen LogP contribution in [0.1, 0.15) is 40.0 Å². The zero-order valence-corrected chi connectivity index (χ0v) is 13.0. The number of carbonyl (C=O) groups excluding carboxylic acids is 2. The standard InChI is InChI=1S/C8H15NO.C7H13NO/c1-6-4-8(10)5-7(2)9(6)3;1-6-5-8(2)4-3-7(6)9/h6-7H,4-5H2,1-3H3;6H,3-5H2,1-2H3. The molecule has 3 atom stereocenters. The minimum atomic E-state index is 0.267. The molecule has 0 aromatic rings. The molecular formula is C15H28N2O2. The average molecular weight is 268 g/mol. The highest BCUT2D eigenvalue weighted by Crippen LogP contribution is 2.17. The maximum absolute atomic E-state index is 11.0. The summed E-state index contributed by atoms with van der Waals surface area (Å²) in [6.45, 7) is 8.10. The van der Waals surface area contributed by atoms with E-state index >= 15 is 0 Å². The Morgan fingerprint density at radius 1 is 1.00 bits per heavy atom. The summed E-state index contributed by atoms with van der Waals surface area (Å²) >= 11 is 0. The molecule has 4 heteroatoms. The van der Waals surface area contributed by atoms with Gasteiger partial charge < -0.3 is 9.80 Å². The first kappa shape index (κ1) is 16.3. The first-order chi connectivity index (χ1) is 8.81. The fourth-order valence-electron chi connectivity index (χ4n) is 2.67. The van der Waals surface area contributed by atoms with Crippen molar-refractivity contribution in [3.63, 3.8) is 0 Å². The highest BCUT2D eigenvalue weighted by molar-refractivity contribution is 5.81. The average Bonchev–Trinajstić information content (AvgIpc) is 2.32. The van der Waals surface area contributed by atoms with Gasteiger partial charge in [-0.05, 0) is 27.9 Å². The summed E-state index contributed by atoms with van der Waals surface area (Å²) in [5.74, 6) is 1.11. The van der Waals surface area contributed by atoms with Crippen LogP contribution in [0.15, 0.2) is 0 Å². The Kier molecular flexibility index (Phi) is 6.14. The van der Waals surface area contributed by atoms with E-state index < -0.39 is 0 Å². The van der Waals surface area contributed by atoms with Crippen molar-refractivity contribution in [2.75, 3.05) is 27.2 Å². The topological polar surface area (TPSA) is 40.6 Å². The summed E-state index contributed by atoms with van der Waals surface area (Å²) in [5, 5.41) is 0. The summed E-state index contributed by atoms with van der Waals surface area (Å²) in [6.07, 6.45) is 2.22. The number of ketones is 2. The van der Waals surface area contributed by atoms with Gasteiger partial charge in [0.15, 0.2) is 0 Å². The molecule has 0 aliphatic carbocycles. The fourth-order valence-corrected chi connectivity index (χ4v) is 2.67. The number of piperidine rings is 2. The number of likely N-dealkylation sites (tertiary alicyclic amines) is 2. The van der Waals surface area contributed by atoms with Crippen LogP contribution in [0.25, 0.3) is 0 Å². The van der Waals surface area contributed by atoms with Gasteiger partial charge in [-0.15, -0.1) is 0 Å². The molecule has 0 aromatic carbocycles. The molecule has 0 saturated carbocycles. The van der Waals surface area contributed by atoms with Crippen molar-refractivity contribution < 1.29 is 9.59 Å². The molecule has 2 rings (SSSR count). The van der Waals surface area contributed by atoms with Gasteiger partial charge in [0.2, 0.25) is 0 Å². The van der Waals surface area contributed by atoms with E-state index in [1.165, 1.54) is 0 Å². The Bertz CT molecular complexity index is 316. The van der Waals surface area contributed by atoms with Crippen LogP contribution in [0.3, 0.4) is 0 Å². The molecular weight excluding hydrogens is 240 g/mol. The Labute approximate surface area is 117 Å². The van der Waals surface area contributed by atoms with E-state index in [0.717, 1.165) is 32.4 Å². The van der Waals surface area contributed by atoms with Crippen LogP contribution < -0.4 is 0 Å². The summed E-state index contributed by atoms with van der Waals surface area (Å²) in [7, 11) is 4.14. The van der Waals surface area contributed by atoms with E-state index in [0.29, 0.717) is 23.7 Å². The molecule has 0 spiro atoms. The highest BCUT2D eigenvalue weighted by Gasteiger charge is 2.25. The zero-order chi connectivity index (χ0) is 14.6. The summed E-state index contributed by atoms with van der Waals surface area (Å²) in [5.41, 5.74) is 0. The van der Waals surface area contributed by atoms with Gasteiger partial charge in [0.05, 0.1) is 0 Å². The maximum Gasteiger partial charge on any atom is 0.138 e. The van der Waals surface area contributed by atoms with Gasteiger partial charge in [-0.3, -0.25) is 9.59 Å². The van der Waals surface area contributed by atoms with Crippen molar-refractivity contribution in [2.45, 2.75) is 52.1 Å². The van der Waals surface area contributed by atoms with Crippen LogP contribution in [-0.4, -0.2) is 60.6 Å². The molecule has 2 saturated heterocycles. The SMILES string of the molecule is CC1CC(=O)CC(C)N1C.CC1CN(C)CCC1=O. The Morgan fingerprint density at radius 3 is 1.95 bits per heavy atom. The third-order valence-corrected chi connectivity index (χ3v) is 4.31. The maximum atomic E-state index is 11.0. The lowest BCUT2D eigenvalue weighted by molar-refractivity contribution is -0.125. The molecule has 2 aliphatic heterocycles. The van der Waals surface area contributed by atoms with E-state index in [1.54, 1.807) is 0 Å². The van der Waals surface area contributed by atoms with Crippen LogP contribution in [0, 0.1) is 5.92 Å². The van der Waals surface area contributed by atoms with Crippen molar-refractivity contribution in [3.8, 4) is 0 Å². The van der Waals surface area contributed by atoms with Gasteiger partial charge >= 0.3 is 0 Å². The lowest BCUT2D eigenvalue weighted by Crippen LogP contribution is -2.43. The smallest absolute Gasteiger partial charge is 0.138 e. The van der Waals surface area contributed by atoms with Crippen molar-refractivity contribution in [2.24, 2.45) is 5.92 Å². The largest absolute Gasteiger partial charge is 0.305 e. The van der Waals surface area contributed by atoms with Crippen LogP contribution in [0.5, 0.6) is 0 Å². The first-order valence-electron chi connectivity index (χ1n) is 7.26. The Hall–Kier alpha value is -0.740. The number of Topliss-reactive ketones (excluding diaryl/α,β-unsaturated/α-hetero) is 2. The fraction of sp³-hybridized carbons (Fsp3) is 0.867. The van der Waals surface area contributed by atoms with E-state index in [9.17, 15) is 9.59 Å². The highest BCUT2D eigenvalue weighted by atomic mass is 16.1. The normalized spacial score (nSPS) is 33.8. The van der Waals surface area contributed by atoms with Gasteiger partial charge in [0.25, 0.3) is 0 Å². The minimum Gasteiger partial charge on any atom is -0.305 e. The monoisotopic (exact) mass is 268 g/mol. The predicted octanol–water partition coefficient (Wildman–Crippen LogP) is 1.59. The van der Waals surface area contributed by atoms with Gasteiger partial charge in [-0.25, -0.2) is 0 Å². The van der Waals surface area contributed by atoms with Gasteiger partial charge in [-0.1, -0.05) is 6.92 Å². The van der Waals surface area contributed by atoms with Crippen LogP contribution in [0.2, 0.25) is 0 Å². The number of nitrogens with zero attached hydrogens (tertiary/aromatic N) is 2. The van der Waals surface area contributed by atoms with Crippen LogP contribution >= 0.6 is 0 Å². The Morgan fingerprint density at radius 2 is 1.53 bits per heavy atom. The quantitative estimate of drug-likeness (QED) is 0.669. The second-order valence-electron chi connectivity index (χ2n) is 6.19. The second-order valence-corrected chi connectivity index (χ2v) is 6.19. The van der Waals surface area contributed by atoms with Gasteiger partial charge in [0, 0.05) is 50.4 Å². The van der Waals surface area contributed by atoms with E-state index in [-0.39, 0.29) is 5.92 Å². The molecule has 2 heterocycles. The third kappa shape index (κ3) is 5.03. The lowest BCUT2D eigenvalue weighted by Gasteiger charge is -2.34. The number of carbonyl (C=O) groups is 2. The molecule has 0 bridgehead atoms. The van der Waals surface area contributed by atoms with Crippen molar-refractivity contribution in [1.29, 1.82) is 0 Å². The number of hydrogen-bond acceptors (Lipinski definition) is 4. The van der Waals surface area contributed by atoms with Crippen molar-refractivity contribution in [3.05, 3.63) is 0 Å². The third-order valence-electron chi connectivity index (χ3n) is 4.31. The van der Waals surface area contributed by atoms with Gasteiger partial charge in [-0.2, -0.15) is 0 Å². The Balaban J connectivity index is 0.000000191. The predicted molar refractivity (Wildman–Crippen MR) is 77.2 cm³/mol. The van der Waals surface area contributed by atoms with E-state index in [4.69, 9.17) is 0 Å². The summed E-state index contributed by atoms with van der Waals surface area (Å²) in [6, 6.07) is 0.882. The van der Waals surface area contributed by atoms with Crippen LogP contribution in [0.4, 0.5) is 0 Å². The molecule has 4 nitrogen and oxygen atoms in total. The number of hydrogen-bond donors (Lipinski definition) is 0. The number of rotatable bonds is 0. The van der Waals surface area contributed by atoms with E-state index in [1.807, 2.05) is 6.92 Å². The first-order valence-corrected chi connectivity index (χ1v) is 7.26. The molecule has 110 valence electrons. The minimum absolute atomic E-state index is 0.267.